The van der Waals surface area contributed by atoms with E-state index in [0.29, 0.717) is 0 Å². The molecule has 2 aliphatic rings. The Labute approximate surface area is 309 Å². The lowest BCUT2D eigenvalue weighted by Crippen LogP contribution is -2.29. The van der Waals surface area contributed by atoms with Crippen LogP contribution in [0.2, 0.25) is 0 Å². The van der Waals surface area contributed by atoms with Crippen LogP contribution in [0.25, 0.3) is 33.0 Å². The molecule has 0 amide bonds. The van der Waals surface area contributed by atoms with E-state index in [-0.39, 0.29) is 10.8 Å². The lowest BCUT2D eigenvalue weighted by atomic mass is 9.67. The predicted molar refractivity (Wildman–Crippen MR) is 221 cm³/mol. The van der Waals surface area contributed by atoms with Crippen molar-refractivity contribution >= 4 is 27.8 Å². The molecule has 0 aliphatic heterocycles. The molecule has 256 valence electrons. The van der Waals surface area contributed by atoms with Crippen LogP contribution in [-0.4, -0.2) is 0 Å². The first-order valence-electron chi connectivity index (χ1n) is 19.3. The van der Waals surface area contributed by atoms with Gasteiger partial charge in [-0.25, -0.2) is 0 Å². The summed E-state index contributed by atoms with van der Waals surface area (Å²) in [6, 6.07) is 61.5. The summed E-state index contributed by atoms with van der Waals surface area (Å²) in [5, 5.41) is 2.55. The van der Waals surface area contributed by atoms with Gasteiger partial charge in [0.1, 0.15) is 0 Å². The molecular weight excluding hydrogens is 627 g/mol. The van der Waals surface area contributed by atoms with Gasteiger partial charge >= 0.3 is 0 Å². The van der Waals surface area contributed by atoms with E-state index in [9.17, 15) is 0 Å². The second-order valence-electron chi connectivity index (χ2n) is 15.6. The van der Waals surface area contributed by atoms with Crippen molar-refractivity contribution in [2.45, 2.75) is 69.6 Å². The maximum absolute atomic E-state index is 2.46. The van der Waals surface area contributed by atoms with Gasteiger partial charge in [-0.2, -0.15) is 0 Å². The smallest absolute Gasteiger partial charge is 0.0468 e. The van der Waals surface area contributed by atoms with Crippen LogP contribution in [0.3, 0.4) is 0 Å². The molecule has 0 atom stereocenters. The number of rotatable bonds is 6. The molecule has 7 aromatic rings. The molecule has 9 rings (SSSR count). The highest BCUT2D eigenvalue weighted by Crippen LogP contribution is 2.51. The first kappa shape index (κ1) is 32.5. The average Bonchev–Trinajstić information content (AvgIpc) is 3.41. The summed E-state index contributed by atoms with van der Waals surface area (Å²) < 4.78 is 0. The van der Waals surface area contributed by atoms with Gasteiger partial charge in [0.05, 0.1) is 0 Å². The quantitative estimate of drug-likeness (QED) is 0.170. The fourth-order valence-electron chi connectivity index (χ4n) is 9.50. The van der Waals surface area contributed by atoms with E-state index in [1.165, 1.54) is 112 Å². The van der Waals surface area contributed by atoms with Crippen molar-refractivity contribution in [3.63, 3.8) is 0 Å². The fraction of sp³-hybridized carbons (Fsp3) is 0.216. The molecule has 0 heterocycles. The molecule has 1 nitrogen and oxygen atoms in total. The third-order valence-electron chi connectivity index (χ3n) is 12.3. The van der Waals surface area contributed by atoms with E-state index < -0.39 is 0 Å². The molecule has 52 heavy (non-hydrogen) atoms. The van der Waals surface area contributed by atoms with E-state index in [1.807, 2.05) is 0 Å². The van der Waals surface area contributed by atoms with Crippen LogP contribution in [0.1, 0.15) is 81.0 Å². The molecule has 1 fully saturated rings. The number of hydrogen-bond acceptors (Lipinski definition) is 1. The Morgan fingerprint density at radius 1 is 0.423 bits per heavy atom. The lowest BCUT2D eigenvalue weighted by molar-refractivity contribution is 0.366. The minimum atomic E-state index is -0.0274. The van der Waals surface area contributed by atoms with Crippen LogP contribution < -0.4 is 4.90 Å². The molecule has 0 aromatic heterocycles. The number of nitrogens with zero attached hydrogens (tertiary/aromatic N) is 1. The van der Waals surface area contributed by atoms with Crippen LogP contribution in [0, 0.1) is 0 Å². The summed E-state index contributed by atoms with van der Waals surface area (Å²) in [6.45, 7) is 4.72. The number of benzene rings is 7. The van der Waals surface area contributed by atoms with Gasteiger partial charge in [0.15, 0.2) is 0 Å². The fourth-order valence-corrected chi connectivity index (χ4v) is 9.50. The summed E-state index contributed by atoms with van der Waals surface area (Å²) in [4.78, 5) is 2.46. The summed E-state index contributed by atoms with van der Waals surface area (Å²) in [5.41, 5.74) is 14.4. The van der Waals surface area contributed by atoms with Crippen LogP contribution in [-0.2, 0) is 10.8 Å². The minimum Gasteiger partial charge on any atom is -0.310 e. The Morgan fingerprint density at radius 2 is 0.981 bits per heavy atom. The summed E-state index contributed by atoms with van der Waals surface area (Å²) >= 11 is 0. The monoisotopic (exact) mass is 673 g/mol. The topological polar surface area (TPSA) is 3.24 Å². The Balaban J connectivity index is 1.16. The highest BCUT2D eigenvalue weighted by molar-refractivity contribution is 5.97. The van der Waals surface area contributed by atoms with Crippen LogP contribution in [0.4, 0.5) is 17.1 Å². The van der Waals surface area contributed by atoms with E-state index in [0.717, 1.165) is 5.69 Å². The summed E-state index contributed by atoms with van der Waals surface area (Å²) in [7, 11) is 0. The lowest BCUT2D eigenvalue weighted by Gasteiger charge is -2.37. The molecule has 7 aromatic carbocycles. The van der Waals surface area contributed by atoms with E-state index in [1.54, 1.807) is 0 Å². The van der Waals surface area contributed by atoms with Gasteiger partial charge in [0.25, 0.3) is 0 Å². The maximum atomic E-state index is 2.46. The van der Waals surface area contributed by atoms with Crippen LogP contribution in [0.15, 0.2) is 164 Å². The summed E-state index contributed by atoms with van der Waals surface area (Å²) in [5.74, 6) is 0. The van der Waals surface area contributed by atoms with E-state index in [2.05, 4.69) is 183 Å². The Bertz CT molecular complexity index is 2330. The van der Waals surface area contributed by atoms with Crippen molar-refractivity contribution in [2.75, 3.05) is 4.90 Å². The number of fused-ring (bicyclic) bond motifs is 4. The van der Waals surface area contributed by atoms with E-state index >= 15 is 0 Å². The zero-order valence-electron chi connectivity index (χ0n) is 30.5. The van der Waals surface area contributed by atoms with Crippen molar-refractivity contribution in [1.82, 2.24) is 0 Å². The van der Waals surface area contributed by atoms with Crippen molar-refractivity contribution < 1.29 is 0 Å². The second kappa shape index (κ2) is 13.3. The van der Waals surface area contributed by atoms with Crippen molar-refractivity contribution in [3.05, 3.63) is 186 Å². The molecule has 1 heteroatoms. The molecule has 0 spiro atoms. The van der Waals surface area contributed by atoms with Crippen molar-refractivity contribution in [1.29, 1.82) is 0 Å². The van der Waals surface area contributed by atoms with Gasteiger partial charge in [-0.05, 0) is 105 Å². The first-order valence-corrected chi connectivity index (χ1v) is 19.3. The minimum absolute atomic E-state index is 0.0274. The van der Waals surface area contributed by atoms with Gasteiger partial charge in [-0.15, -0.1) is 0 Å². The van der Waals surface area contributed by atoms with Gasteiger partial charge in [0.2, 0.25) is 0 Å². The molecule has 2 aliphatic carbocycles. The molecule has 0 bridgehead atoms. The Morgan fingerprint density at radius 3 is 1.75 bits per heavy atom. The Hall–Kier alpha value is -5.40. The van der Waals surface area contributed by atoms with Gasteiger partial charge in [-0.1, -0.05) is 173 Å². The average molecular weight is 674 g/mol. The second-order valence-corrected chi connectivity index (χ2v) is 15.6. The highest BCUT2D eigenvalue weighted by atomic mass is 15.1. The SMILES string of the molecule is CC1(C)c2ccccc2-c2cc(N(c3ccc(-c4cccc5ccccc45)cc3)c3ccc(C4(c5ccccc5)CCCCCCC4)cc3)ccc21. The zero-order chi connectivity index (χ0) is 35.1. The highest BCUT2D eigenvalue weighted by Gasteiger charge is 2.36. The molecule has 1 saturated carbocycles. The van der Waals surface area contributed by atoms with E-state index in [4.69, 9.17) is 0 Å². The van der Waals surface area contributed by atoms with Crippen LogP contribution in [0.5, 0.6) is 0 Å². The van der Waals surface area contributed by atoms with Gasteiger partial charge in [-0.3, -0.25) is 0 Å². The molecule has 0 radical (unpaired) electrons. The third kappa shape index (κ3) is 5.55. The zero-order valence-corrected chi connectivity index (χ0v) is 30.5. The third-order valence-corrected chi connectivity index (χ3v) is 12.3. The molecule has 0 saturated heterocycles. The Kier molecular flexibility index (Phi) is 8.31. The largest absolute Gasteiger partial charge is 0.310 e. The van der Waals surface area contributed by atoms with Crippen LogP contribution >= 0.6 is 0 Å². The predicted octanol–water partition coefficient (Wildman–Crippen LogP) is 14.3. The normalized spacial score (nSPS) is 16.0. The number of anilines is 3. The molecule has 0 N–H and O–H groups in total. The maximum Gasteiger partial charge on any atom is 0.0468 e. The van der Waals surface area contributed by atoms with Gasteiger partial charge in [0, 0.05) is 27.9 Å². The summed E-state index contributed by atoms with van der Waals surface area (Å²) in [6.07, 6.45) is 8.98. The molecule has 0 unspecified atom stereocenters. The number of hydrogen-bond donors (Lipinski definition) is 0. The standard InChI is InChI=1S/C51H47N/c1-50(2)48-23-12-11-21-46(48)47-36-43(32-33-49(47)50)52(41-28-24-38(25-29-41)45-22-15-17-37-16-9-10-20-44(37)45)42-30-26-40(27-31-42)51(39-18-7-6-8-19-39)34-13-4-3-5-14-35-51/h6-12,15-33,36H,3-5,13-14,34-35H2,1-2H3. The first-order chi connectivity index (χ1) is 25.5. The van der Waals surface area contributed by atoms with Crippen molar-refractivity contribution in [3.8, 4) is 22.3 Å². The van der Waals surface area contributed by atoms with Crippen molar-refractivity contribution in [2.24, 2.45) is 0 Å². The molecular formula is C51H47N. The van der Waals surface area contributed by atoms with Gasteiger partial charge < -0.3 is 4.90 Å².